The number of aromatic hydroxyl groups is 3. The molecule has 1 atom stereocenters. The van der Waals surface area contributed by atoms with Crippen LogP contribution in [-0.2, 0) is 0 Å². The number of phenols is 3. The maximum Gasteiger partial charge on any atom is 0.343 e. The zero-order valence-electron chi connectivity index (χ0n) is 12.4. The van der Waals surface area contributed by atoms with Gasteiger partial charge in [-0.05, 0) is 30.0 Å². The fourth-order valence-corrected chi connectivity index (χ4v) is 1.99. The van der Waals surface area contributed by atoms with Gasteiger partial charge in [0, 0.05) is 12.1 Å². The van der Waals surface area contributed by atoms with Gasteiger partial charge in [0.1, 0.15) is 5.75 Å². The Balaban J connectivity index is 2.15. The maximum atomic E-state index is 12.0. The zero-order valence-corrected chi connectivity index (χ0v) is 12.4. The van der Waals surface area contributed by atoms with Crippen molar-refractivity contribution in [3.05, 3.63) is 47.5 Å². The van der Waals surface area contributed by atoms with Crippen molar-refractivity contribution in [2.75, 3.05) is 0 Å². The van der Waals surface area contributed by atoms with E-state index in [1.807, 2.05) is 12.1 Å². The molecule has 3 N–H and O–H groups in total. The topological polar surface area (TPSA) is 87.0 Å². The molecule has 0 aliphatic heterocycles. The van der Waals surface area contributed by atoms with Crippen molar-refractivity contribution in [3.8, 4) is 23.0 Å². The first-order valence-electron chi connectivity index (χ1n) is 6.99. The predicted octanol–water partition coefficient (Wildman–Crippen LogP) is 3.54. The van der Waals surface area contributed by atoms with Crippen molar-refractivity contribution in [1.82, 2.24) is 0 Å². The van der Waals surface area contributed by atoms with E-state index in [1.54, 1.807) is 12.1 Å². The molecular formula is C17H18O5. The number of phenolic OH excluding ortho intramolecular Hbond substituents is 3. The van der Waals surface area contributed by atoms with Crippen LogP contribution in [0.5, 0.6) is 23.0 Å². The van der Waals surface area contributed by atoms with Crippen molar-refractivity contribution in [1.29, 1.82) is 0 Å². The summed E-state index contributed by atoms with van der Waals surface area (Å²) in [5.41, 5.74) is 1.50. The van der Waals surface area contributed by atoms with E-state index < -0.39 is 23.2 Å². The number of hydrogen-bond acceptors (Lipinski definition) is 5. The smallest absolute Gasteiger partial charge is 0.343 e. The number of hydrogen-bond donors (Lipinski definition) is 3. The first-order valence-corrected chi connectivity index (χ1v) is 6.99. The number of benzene rings is 2. The largest absolute Gasteiger partial charge is 0.504 e. The second-order valence-electron chi connectivity index (χ2n) is 5.13. The van der Waals surface area contributed by atoms with E-state index in [0.29, 0.717) is 11.5 Å². The molecule has 0 amide bonds. The van der Waals surface area contributed by atoms with Gasteiger partial charge in [0.15, 0.2) is 11.5 Å². The van der Waals surface area contributed by atoms with Gasteiger partial charge >= 0.3 is 5.97 Å². The van der Waals surface area contributed by atoms with E-state index in [2.05, 4.69) is 13.8 Å². The van der Waals surface area contributed by atoms with Crippen LogP contribution < -0.4 is 4.74 Å². The highest BCUT2D eigenvalue weighted by atomic mass is 16.5. The normalized spacial score (nSPS) is 11.9. The molecule has 0 spiro atoms. The second kappa shape index (κ2) is 6.39. The molecule has 0 saturated carbocycles. The Morgan fingerprint density at radius 2 is 1.64 bits per heavy atom. The Morgan fingerprint density at radius 1 is 1.09 bits per heavy atom. The molecule has 0 heterocycles. The van der Waals surface area contributed by atoms with Gasteiger partial charge in [-0.15, -0.1) is 0 Å². The number of carbonyl (C=O) groups excluding carboxylic acids is 1. The summed E-state index contributed by atoms with van der Waals surface area (Å²) >= 11 is 0. The van der Waals surface area contributed by atoms with Gasteiger partial charge in [-0.25, -0.2) is 4.79 Å². The average molecular weight is 302 g/mol. The van der Waals surface area contributed by atoms with Crippen LogP contribution in [0.1, 0.15) is 42.1 Å². The molecular weight excluding hydrogens is 284 g/mol. The highest BCUT2D eigenvalue weighted by Crippen LogP contribution is 2.38. The fraction of sp³-hybridized carbons (Fsp3) is 0.235. The number of ether oxygens (including phenoxy) is 1. The lowest BCUT2D eigenvalue weighted by Gasteiger charge is -2.10. The third kappa shape index (κ3) is 3.31. The number of esters is 1. The maximum absolute atomic E-state index is 12.0. The summed E-state index contributed by atoms with van der Waals surface area (Å²) < 4.78 is 5.07. The molecule has 2 aromatic rings. The highest BCUT2D eigenvalue weighted by Gasteiger charge is 2.14. The molecule has 116 valence electrons. The molecule has 0 radical (unpaired) electrons. The summed E-state index contributed by atoms with van der Waals surface area (Å²) in [6, 6.07) is 9.20. The molecule has 0 aromatic heterocycles. The van der Waals surface area contributed by atoms with E-state index >= 15 is 0 Å². The quantitative estimate of drug-likeness (QED) is 0.457. The number of rotatable bonds is 4. The van der Waals surface area contributed by atoms with Crippen LogP contribution in [0.2, 0.25) is 0 Å². The zero-order chi connectivity index (χ0) is 16.3. The van der Waals surface area contributed by atoms with Crippen LogP contribution in [0.25, 0.3) is 0 Å². The van der Waals surface area contributed by atoms with Gasteiger partial charge in [-0.3, -0.25) is 0 Å². The minimum atomic E-state index is -0.655. The van der Waals surface area contributed by atoms with Crippen molar-refractivity contribution in [2.45, 2.75) is 26.2 Å². The molecule has 0 saturated heterocycles. The summed E-state index contributed by atoms with van der Waals surface area (Å²) in [4.78, 5) is 12.0. The molecule has 2 aromatic carbocycles. The summed E-state index contributed by atoms with van der Waals surface area (Å²) in [6.45, 7) is 4.20. The van der Waals surface area contributed by atoms with Crippen LogP contribution in [-0.4, -0.2) is 21.3 Å². The second-order valence-corrected chi connectivity index (χ2v) is 5.13. The lowest BCUT2D eigenvalue weighted by molar-refractivity contribution is 0.0734. The van der Waals surface area contributed by atoms with Gasteiger partial charge in [0.25, 0.3) is 0 Å². The van der Waals surface area contributed by atoms with Gasteiger partial charge < -0.3 is 20.1 Å². The molecule has 0 aliphatic carbocycles. The van der Waals surface area contributed by atoms with Crippen LogP contribution in [0.3, 0.4) is 0 Å². The van der Waals surface area contributed by atoms with E-state index in [9.17, 15) is 20.1 Å². The SMILES string of the molecule is CCC(C)c1ccc(C(=O)Oc2cc(O)c(O)c(O)c2)cc1. The first kappa shape index (κ1) is 15.7. The van der Waals surface area contributed by atoms with Crippen LogP contribution in [0.15, 0.2) is 36.4 Å². The van der Waals surface area contributed by atoms with Gasteiger partial charge in [-0.2, -0.15) is 0 Å². The Labute approximate surface area is 128 Å². The number of carbonyl (C=O) groups is 1. The van der Waals surface area contributed by atoms with E-state index in [-0.39, 0.29) is 5.75 Å². The molecule has 5 heteroatoms. The Kier molecular flexibility index (Phi) is 4.56. The Morgan fingerprint density at radius 3 is 2.14 bits per heavy atom. The van der Waals surface area contributed by atoms with Crippen LogP contribution in [0, 0.1) is 0 Å². The van der Waals surface area contributed by atoms with Crippen molar-refractivity contribution in [2.24, 2.45) is 0 Å². The molecule has 0 aliphatic rings. The highest BCUT2D eigenvalue weighted by molar-refractivity contribution is 5.91. The fourth-order valence-electron chi connectivity index (χ4n) is 1.99. The van der Waals surface area contributed by atoms with Crippen molar-refractivity contribution >= 4 is 5.97 Å². The molecule has 0 fully saturated rings. The molecule has 22 heavy (non-hydrogen) atoms. The van der Waals surface area contributed by atoms with Gasteiger partial charge in [0.05, 0.1) is 5.56 Å². The van der Waals surface area contributed by atoms with E-state index in [0.717, 1.165) is 24.1 Å². The summed E-state index contributed by atoms with van der Waals surface area (Å²) in [5.74, 6) is -2.03. The minimum Gasteiger partial charge on any atom is -0.504 e. The van der Waals surface area contributed by atoms with Crippen molar-refractivity contribution in [3.63, 3.8) is 0 Å². The van der Waals surface area contributed by atoms with Gasteiger partial charge in [0.2, 0.25) is 5.75 Å². The third-order valence-electron chi connectivity index (χ3n) is 3.58. The lowest BCUT2D eigenvalue weighted by atomic mass is 9.98. The van der Waals surface area contributed by atoms with Gasteiger partial charge in [-0.1, -0.05) is 26.0 Å². The first-order chi connectivity index (χ1) is 10.4. The Bertz CT molecular complexity index is 653. The molecule has 2 rings (SSSR count). The minimum absolute atomic E-state index is 0.0520. The monoisotopic (exact) mass is 302 g/mol. The summed E-state index contributed by atoms with van der Waals surface area (Å²) in [7, 11) is 0. The molecule has 5 nitrogen and oxygen atoms in total. The molecule has 1 unspecified atom stereocenters. The predicted molar refractivity (Wildman–Crippen MR) is 81.5 cm³/mol. The van der Waals surface area contributed by atoms with Crippen molar-refractivity contribution < 1.29 is 24.9 Å². The lowest BCUT2D eigenvalue weighted by Crippen LogP contribution is -2.08. The standard InChI is InChI=1S/C17H18O5/c1-3-10(2)11-4-6-12(7-5-11)17(21)22-13-8-14(18)16(20)15(19)9-13/h4-10,18-20H,3H2,1-2H3. The Hall–Kier alpha value is -2.69. The van der Waals surface area contributed by atoms with Crippen LogP contribution in [0.4, 0.5) is 0 Å². The third-order valence-corrected chi connectivity index (χ3v) is 3.58. The average Bonchev–Trinajstić information content (AvgIpc) is 2.51. The van der Waals surface area contributed by atoms with E-state index in [4.69, 9.17) is 4.74 Å². The summed E-state index contributed by atoms with van der Waals surface area (Å²) in [5, 5.41) is 28.0. The van der Waals surface area contributed by atoms with Crippen LogP contribution >= 0.6 is 0 Å². The van der Waals surface area contributed by atoms with E-state index in [1.165, 1.54) is 0 Å². The molecule has 0 bridgehead atoms. The summed E-state index contributed by atoms with van der Waals surface area (Å²) in [6.07, 6.45) is 1.01.